The second kappa shape index (κ2) is 3.13. The van der Waals surface area contributed by atoms with E-state index >= 15 is 0 Å². The minimum Gasteiger partial charge on any atom is -0.396 e. The molecule has 4 atom stereocenters. The third kappa shape index (κ3) is 1.06. The number of fused-ring (bicyclic) bond motifs is 1. The van der Waals surface area contributed by atoms with Gasteiger partial charge in [0.15, 0.2) is 0 Å². The minimum absolute atomic E-state index is 0.409. The Morgan fingerprint density at radius 2 is 2.12 bits per heavy atom. The van der Waals surface area contributed by atoms with E-state index in [1.807, 2.05) is 0 Å². The number of hydrogen-bond donors (Lipinski definition) is 1. The smallest absolute Gasteiger partial charge is 0.0464 e. The van der Waals surface area contributed by atoms with Crippen LogP contribution in [0.25, 0.3) is 0 Å². The normalized spacial score (nSPS) is 49.0. The van der Waals surface area contributed by atoms with Crippen LogP contribution < -0.4 is 0 Å². The average Bonchev–Trinajstić information content (AvgIpc) is 2.68. The van der Waals surface area contributed by atoms with Gasteiger partial charge >= 0.3 is 0 Å². The van der Waals surface area contributed by atoms with Crippen LogP contribution in [0.4, 0.5) is 0 Å². The molecule has 2 saturated carbocycles. The highest BCUT2D eigenvalue weighted by atomic mass is 16.3. The summed E-state index contributed by atoms with van der Waals surface area (Å²) in [5.41, 5.74) is 2.53. The molecule has 0 aliphatic heterocycles. The van der Waals surface area contributed by atoms with E-state index in [0.717, 1.165) is 11.8 Å². The van der Waals surface area contributed by atoms with Crippen LogP contribution in [0, 0.1) is 28.6 Å². The fourth-order valence-corrected chi connectivity index (χ4v) is 5.44. The van der Waals surface area contributed by atoms with Crippen molar-refractivity contribution in [3.63, 3.8) is 0 Å². The molecule has 3 rings (SSSR count). The number of aliphatic hydroxyl groups excluding tert-OH is 1. The van der Waals surface area contributed by atoms with Gasteiger partial charge in [-0.25, -0.2) is 0 Å². The predicted octanol–water partition coefficient (Wildman–Crippen LogP) is 3.39. The molecule has 3 aliphatic rings. The van der Waals surface area contributed by atoms with Crippen LogP contribution in [0.1, 0.15) is 46.5 Å². The highest BCUT2D eigenvalue weighted by Crippen LogP contribution is 2.71. The average molecular weight is 220 g/mol. The molecule has 16 heavy (non-hydrogen) atoms. The zero-order chi connectivity index (χ0) is 11.6. The van der Waals surface area contributed by atoms with E-state index in [1.165, 1.54) is 25.7 Å². The van der Waals surface area contributed by atoms with Gasteiger partial charge in [0.25, 0.3) is 0 Å². The Morgan fingerprint density at radius 1 is 1.38 bits per heavy atom. The van der Waals surface area contributed by atoms with Gasteiger partial charge in [-0.15, -0.1) is 0 Å². The van der Waals surface area contributed by atoms with E-state index in [1.54, 1.807) is 5.57 Å². The number of hydrogen-bond acceptors (Lipinski definition) is 1. The predicted molar refractivity (Wildman–Crippen MR) is 66.0 cm³/mol. The molecule has 0 saturated heterocycles. The van der Waals surface area contributed by atoms with Crippen molar-refractivity contribution in [2.24, 2.45) is 28.6 Å². The third-order valence-corrected chi connectivity index (χ3v) is 6.27. The summed E-state index contributed by atoms with van der Waals surface area (Å²) in [6.07, 6.45) is 7.65. The Hall–Kier alpha value is -0.300. The van der Waals surface area contributed by atoms with E-state index in [4.69, 9.17) is 0 Å². The highest BCUT2D eigenvalue weighted by Gasteiger charge is 2.63. The molecule has 0 radical (unpaired) electrons. The molecule has 4 unspecified atom stereocenters. The van der Waals surface area contributed by atoms with Gasteiger partial charge in [-0.3, -0.25) is 0 Å². The summed E-state index contributed by atoms with van der Waals surface area (Å²) in [6.45, 7) is 7.65. The molecule has 1 spiro atoms. The Balaban J connectivity index is 2.07. The van der Waals surface area contributed by atoms with Crippen molar-refractivity contribution < 1.29 is 5.11 Å². The van der Waals surface area contributed by atoms with Crippen LogP contribution in [0.2, 0.25) is 0 Å². The molecule has 0 heterocycles. The van der Waals surface area contributed by atoms with Gasteiger partial charge < -0.3 is 5.11 Å². The summed E-state index contributed by atoms with van der Waals surface area (Å²) >= 11 is 0. The standard InChI is InChI=1S/C15H24O/c1-10-6-7-15-8-12(10)14(2,3)13(15)5-4-11(15)9-16/h6,11-13,16H,4-5,7-9H2,1-3H3. The van der Waals surface area contributed by atoms with Gasteiger partial charge in [-0.05, 0) is 61.2 Å². The molecule has 2 fully saturated rings. The molecule has 1 N–H and O–H groups in total. The van der Waals surface area contributed by atoms with E-state index in [0.29, 0.717) is 23.4 Å². The molecule has 2 bridgehead atoms. The van der Waals surface area contributed by atoms with Crippen molar-refractivity contribution in [2.75, 3.05) is 6.61 Å². The van der Waals surface area contributed by atoms with Crippen LogP contribution in [0.3, 0.4) is 0 Å². The van der Waals surface area contributed by atoms with E-state index in [-0.39, 0.29) is 0 Å². The van der Waals surface area contributed by atoms with Crippen molar-refractivity contribution in [2.45, 2.75) is 46.5 Å². The number of allylic oxidation sites excluding steroid dienone is 2. The quantitative estimate of drug-likeness (QED) is 0.672. The molecular formula is C15H24O. The Kier molecular flexibility index (Phi) is 2.12. The summed E-state index contributed by atoms with van der Waals surface area (Å²) in [4.78, 5) is 0. The largest absolute Gasteiger partial charge is 0.396 e. The van der Waals surface area contributed by atoms with Gasteiger partial charge in [0, 0.05) is 6.61 Å². The first-order chi connectivity index (χ1) is 7.52. The molecule has 0 amide bonds. The molecule has 0 aromatic rings. The first-order valence-electron chi connectivity index (χ1n) is 6.80. The van der Waals surface area contributed by atoms with Crippen LogP contribution in [0.5, 0.6) is 0 Å². The van der Waals surface area contributed by atoms with Crippen molar-refractivity contribution in [3.8, 4) is 0 Å². The Bertz CT molecular complexity index is 341. The van der Waals surface area contributed by atoms with Crippen molar-refractivity contribution in [1.82, 2.24) is 0 Å². The van der Waals surface area contributed by atoms with Crippen molar-refractivity contribution in [3.05, 3.63) is 11.6 Å². The van der Waals surface area contributed by atoms with Gasteiger partial charge in [0.2, 0.25) is 0 Å². The second-order valence-corrected chi connectivity index (χ2v) is 6.97. The molecule has 0 aromatic heterocycles. The lowest BCUT2D eigenvalue weighted by Gasteiger charge is -2.37. The molecule has 3 aliphatic carbocycles. The maximum atomic E-state index is 9.64. The summed E-state index contributed by atoms with van der Waals surface area (Å²) < 4.78 is 0. The van der Waals surface area contributed by atoms with Crippen LogP contribution in [-0.4, -0.2) is 11.7 Å². The maximum absolute atomic E-state index is 9.64. The number of rotatable bonds is 1. The summed E-state index contributed by atoms with van der Waals surface area (Å²) in [5, 5.41) is 9.64. The van der Waals surface area contributed by atoms with Crippen LogP contribution in [-0.2, 0) is 0 Å². The summed E-state index contributed by atoms with van der Waals surface area (Å²) in [7, 11) is 0. The van der Waals surface area contributed by atoms with Crippen LogP contribution >= 0.6 is 0 Å². The van der Waals surface area contributed by atoms with E-state index < -0.39 is 0 Å². The summed E-state index contributed by atoms with van der Waals surface area (Å²) in [6, 6.07) is 0. The topological polar surface area (TPSA) is 20.2 Å². The number of aliphatic hydroxyl groups is 1. The zero-order valence-electron chi connectivity index (χ0n) is 10.8. The van der Waals surface area contributed by atoms with Gasteiger partial charge in [-0.2, -0.15) is 0 Å². The van der Waals surface area contributed by atoms with E-state index in [2.05, 4.69) is 26.8 Å². The van der Waals surface area contributed by atoms with Gasteiger partial charge in [-0.1, -0.05) is 25.5 Å². The lowest BCUT2D eigenvalue weighted by Crippen LogP contribution is -2.32. The minimum atomic E-state index is 0.409. The molecule has 1 nitrogen and oxygen atoms in total. The first-order valence-corrected chi connectivity index (χ1v) is 6.80. The second-order valence-electron chi connectivity index (χ2n) is 6.97. The SMILES string of the molecule is CC1=CCC23CC1C(C)(C)C2CCC3CO. The van der Waals surface area contributed by atoms with Crippen molar-refractivity contribution >= 4 is 0 Å². The van der Waals surface area contributed by atoms with E-state index in [9.17, 15) is 5.11 Å². The molecular weight excluding hydrogens is 196 g/mol. The van der Waals surface area contributed by atoms with Gasteiger partial charge in [0.1, 0.15) is 0 Å². The lowest BCUT2D eigenvalue weighted by atomic mass is 9.67. The molecule has 0 aromatic carbocycles. The molecule has 1 heteroatoms. The van der Waals surface area contributed by atoms with Crippen molar-refractivity contribution in [1.29, 1.82) is 0 Å². The fourth-order valence-electron chi connectivity index (χ4n) is 5.44. The maximum Gasteiger partial charge on any atom is 0.0464 e. The monoisotopic (exact) mass is 220 g/mol. The Labute approximate surface area is 98.9 Å². The molecule has 90 valence electrons. The fraction of sp³-hybridized carbons (Fsp3) is 0.867. The Morgan fingerprint density at radius 3 is 2.81 bits per heavy atom. The first kappa shape index (κ1) is 10.8. The summed E-state index contributed by atoms with van der Waals surface area (Å²) in [5.74, 6) is 2.20. The lowest BCUT2D eigenvalue weighted by molar-refractivity contribution is 0.0791. The highest BCUT2D eigenvalue weighted by molar-refractivity contribution is 5.25. The van der Waals surface area contributed by atoms with Crippen LogP contribution in [0.15, 0.2) is 11.6 Å². The third-order valence-electron chi connectivity index (χ3n) is 6.27. The van der Waals surface area contributed by atoms with Gasteiger partial charge in [0.05, 0.1) is 0 Å². The zero-order valence-corrected chi connectivity index (χ0v) is 10.8.